The summed E-state index contributed by atoms with van der Waals surface area (Å²) in [5.41, 5.74) is -0.329. The number of nitrogens with one attached hydrogen (secondary N) is 1. The first kappa shape index (κ1) is 19.0. The van der Waals surface area contributed by atoms with Crippen LogP contribution in [0, 0.1) is 11.3 Å². The van der Waals surface area contributed by atoms with Crippen LogP contribution in [-0.4, -0.2) is 18.0 Å². The lowest BCUT2D eigenvalue weighted by Crippen LogP contribution is -2.30. The Balaban J connectivity index is 1.99. The summed E-state index contributed by atoms with van der Waals surface area (Å²) >= 11 is 0. The predicted octanol–water partition coefficient (Wildman–Crippen LogP) is 3.76. The number of nitrogens with zero attached hydrogens (tertiary/aromatic N) is 1. The van der Waals surface area contributed by atoms with Gasteiger partial charge in [-0.3, -0.25) is 4.79 Å². The molecule has 8 heteroatoms. The van der Waals surface area contributed by atoms with Crippen LogP contribution in [-0.2, 0) is 15.7 Å². The standard InChI is InChI=1S/C18H13F3N2O3/c1-11(26-17(25)13-4-2-3-12(9-13)10-22)16(24)23-15-7-5-14(6-8-15)18(19,20)21/h2-9,11H,1H3,(H,23,24)/t11-/m0/s1. The monoisotopic (exact) mass is 362 g/mol. The van der Waals surface area contributed by atoms with Crippen molar-refractivity contribution >= 4 is 17.6 Å². The third-order valence-electron chi connectivity index (χ3n) is 3.36. The van der Waals surface area contributed by atoms with Crippen molar-refractivity contribution in [3.05, 3.63) is 65.2 Å². The van der Waals surface area contributed by atoms with Gasteiger partial charge in [0.1, 0.15) is 0 Å². The van der Waals surface area contributed by atoms with E-state index in [-0.39, 0.29) is 16.8 Å². The van der Waals surface area contributed by atoms with Crippen LogP contribution in [0.5, 0.6) is 0 Å². The molecule has 2 rings (SSSR count). The number of carbonyl (C=O) groups excluding carboxylic acids is 2. The van der Waals surface area contributed by atoms with Gasteiger partial charge in [-0.15, -0.1) is 0 Å². The molecular weight excluding hydrogens is 349 g/mol. The molecule has 134 valence electrons. The molecule has 0 aliphatic rings. The summed E-state index contributed by atoms with van der Waals surface area (Å²) in [6.07, 6.45) is -5.65. The van der Waals surface area contributed by atoms with Gasteiger partial charge in [0.25, 0.3) is 5.91 Å². The highest BCUT2D eigenvalue weighted by Gasteiger charge is 2.30. The average molecular weight is 362 g/mol. The second-order valence-corrected chi connectivity index (χ2v) is 5.30. The van der Waals surface area contributed by atoms with E-state index in [0.717, 1.165) is 24.3 Å². The molecule has 0 aromatic heterocycles. The zero-order chi connectivity index (χ0) is 19.3. The Kier molecular flexibility index (Phi) is 5.62. The molecule has 0 aliphatic heterocycles. The number of anilines is 1. The lowest BCUT2D eigenvalue weighted by molar-refractivity contribution is -0.137. The Morgan fingerprint density at radius 1 is 1.15 bits per heavy atom. The number of rotatable bonds is 4. The number of alkyl halides is 3. The molecule has 0 aliphatic carbocycles. The van der Waals surface area contributed by atoms with Gasteiger partial charge in [0.2, 0.25) is 0 Å². The van der Waals surface area contributed by atoms with Crippen LogP contribution in [0.3, 0.4) is 0 Å². The summed E-state index contributed by atoms with van der Waals surface area (Å²) in [6, 6.07) is 11.5. The Morgan fingerprint density at radius 2 is 1.81 bits per heavy atom. The maximum atomic E-state index is 12.5. The van der Waals surface area contributed by atoms with Gasteiger partial charge in [0.15, 0.2) is 6.10 Å². The fourth-order valence-corrected chi connectivity index (χ4v) is 1.98. The molecule has 1 N–H and O–H groups in total. The first-order valence-electron chi connectivity index (χ1n) is 7.40. The van der Waals surface area contributed by atoms with Crippen molar-refractivity contribution in [2.24, 2.45) is 0 Å². The van der Waals surface area contributed by atoms with Crippen LogP contribution in [0.15, 0.2) is 48.5 Å². The SMILES string of the molecule is C[C@H](OC(=O)c1cccc(C#N)c1)C(=O)Nc1ccc(C(F)(F)F)cc1. The smallest absolute Gasteiger partial charge is 0.416 e. The molecule has 5 nitrogen and oxygen atoms in total. The third-order valence-corrected chi connectivity index (χ3v) is 3.36. The molecule has 0 saturated heterocycles. The summed E-state index contributed by atoms with van der Waals surface area (Å²) in [6.45, 7) is 1.32. The van der Waals surface area contributed by atoms with Crippen molar-refractivity contribution in [3.8, 4) is 6.07 Å². The summed E-state index contributed by atoms with van der Waals surface area (Å²) in [4.78, 5) is 24.0. The lowest BCUT2D eigenvalue weighted by Gasteiger charge is -2.14. The minimum absolute atomic E-state index is 0.109. The number of esters is 1. The number of amides is 1. The number of nitriles is 1. The summed E-state index contributed by atoms with van der Waals surface area (Å²) in [5.74, 6) is -1.49. The molecule has 0 radical (unpaired) electrons. The van der Waals surface area contributed by atoms with Crippen molar-refractivity contribution in [3.63, 3.8) is 0 Å². The van der Waals surface area contributed by atoms with Gasteiger partial charge < -0.3 is 10.1 Å². The van der Waals surface area contributed by atoms with Crippen LogP contribution < -0.4 is 5.32 Å². The van der Waals surface area contributed by atoms with Crippen LogP contribution in [0.2, 0.25) is 0 Å². The summed E-state index contributed by atoms with van der Waals surface area (Å²) < 4.78 is 42.5. The molecule has 0 bridgehead atoms. The van der Waals surface area contributed by atoms with Gasteiger partial charge in [-0.05, 0) is 49.4 Å². The topological polar surface area (TPSA) is 79.2 Å². The Labute approximate surface area is 147 Å². The first-order valence-corrected chi connectivity index (χ1v) is 7.40. The van der Waals surface area contributed by atoms with E-state index in [0.29, 0.717) is 0 Å². The molecule has 0 spiro atoms. The average Bonchev–Trinajstić information content (AvgIpc) is 2.61. The zero-order valence-corrected chi connectivity index (χ0v) is 13.5. The van der Waals surface area contributed by atoms with E-state index in [1.807, 2.05) is 6.07 Å². The van der Waals surface area contributed by atoms with E-state index >= 15 is 0 Å². The second-order valence-electron chi connectivity index (χ2n) is 5.30. The largest absolute Gasteiger partial charge is 0.449 e. The van der Waals surface area contributed by atoms with Crippen LogP contribution in [0.1, 0.15) is 28.4 Å². The molecule has 0 saturated carbocycles. The molecule has 2 aromatic carbocycles. The van der Waals surface area contributed by atoms with Crippen LogP contribution in [0.25, 0.3) is 0 Å². The Morgan fingerprint density at radius 3 is 2.38 bits per heavy atom. The number of benzene rings is 2. The maximum Gasteiger partial charge on any atom is 0.416 e. The molecule has 0 unspecified atom stereocenters. The Hall–Kier alpha value is -3.34. The first-order chi connectivity index (χ1) is 12.2. The van der Waals surface area contributed by atoms with E-state index in [4.69, 9.17) is 10.00 Å². The van der Waals surface area contributed by atoms with Gasteiger partial charge in [0.05, 0.1) is 22.8 Å². The van der Waals surface area contributed by atoms with Gasteiger partial charge in [-0.25, -0.2) is 4.79 Å². The Bertz CT molecular complexity index is 855. The highest BCUT2D eigenvalue weighted by molar-refractivity contribution is 5.97. The quantitative estimate of drug-likeness (QED) is 0.840. The highest BCUT2D eigenvalue weighted by Crippen LogP contribution is 2.29. The second kappa shape index (κ2) is 7.70. The number of halogens is 3. The summed E-state index contributed by atoms with van der Waals surface area (Å²) in [5, 5.41) is 11.2. The van der Waals surface area contributed by atoms with Gasteiger partial charge in [-0.1, -0.05) is 6.07 Å². The van der Waals surface area contributed by atoms with Crippen LogP contribution in [0.4, 0.5) is 18.9 Å². The minimum Gasteiger partial charge on any atom is -0.449 e. The molecule has 1 atom stereocenters. The van der Waals surface area contributed by atoms with E-state index in [1.165, 1.54) is 31.2 Å². The van der Waals surface area contributed by atoms with E-state index in [1.54, 1.807) is 0 Å². The van der Waals surface area contributed by atoms with Crippen molar-refractivity contribution in [1.29, 1.82) is 5.26 Å². The number of hydrogen-bond acceptors (Lipinski definition) is 4. The number of carbonyl (C=O) groups is 2. The maximum absolute atomic E-state index is 12.5. The number of ether oxygens (including phenoxy) is 1. The highest BCUT2D eigenvalue weighted by atomic mass is 19.4. The third kappa shape index (κ3) is 4.83. The van der Waals surface area contributed by atoms with E-state index < -0.39 is 29.7 Å². The van der Waals surface area contributed by atoms with Crippen molar-refractivity contribution in [2.45, 2.75) is 19.2 Å². The zero-order valence-electron chi connectivity index (χ0n) is 13.5. The van der Waals surface area contributed by atoms with Gasteiger partial charge >= 0.3 is 12.1 Å². The normalized spacial score (nSPS) is 12.0. The summed E-state index contributed by atoms with van der Waals surface area (Å²) in [7, 11) is 0. The molecule has 26 heavy (non-hydrogen) atoms. The van der Waals surface area contributed by atoms with Crippen molar-refractivity contribution in [2.75, 3.05) is 5.32 Å². The lowest BCUT2D eigenvalue weighted by atomic mass is 10.1. The van der Waals surface area contributed by atoms with E-state index in [2.05, 4.69) is 5.32 Å². The van der Waals surface area contributed by atoms with Gasteiger partial charge in [0, 0.05) is 5.69 Å². The van der Waals surface area contributed by atoms with Crippen molar-refractivity contribution in [1.82, 2.24) is 0 Å². The van der Waals surface area contributed by atoms with Gasteiger partial charge in [-0.2, -0.15) is 18.4 Å². The number of hydrogen-bond donors (Lipinski definition) is 1. The van der Waals surface area contributed by atoms with E-state index in [9.17, 15) is 22.8 Å². The molecule has 1 amide bonds. The predicted molar refractivity (Wildman–Crippen MR) is 86.1 cm³/mol. The fraction of sp³-hybridized carbons (Fsp3) is 0.167. The molecular formula is C18H13F3N2O3. The molecule has 2 aromatic rings. The molecule has 0 fully saturated rings. The minimum atomic E-state index is -4.47. The van der Waals surface area contributed by atoms with Crippen LogP contribution >= 0.6 is 0 Å². The molecule has 0 heterocycles. The fourth-order valence-electron chi connectivity index (χ4n) is 1.98. The van der Waals surface area contributed by atoms with Crippen molar-refractivity contribution < 1.29 is 27.5 Å².